The highest BCUT2D eigenvalue weighted by molar-refractivity contribution is 5.20. The van der Waals surface area contributed by atoms with Gasteiger partial charge in [-0.05, 0) is 40.4 Å². The van der Waals surface area contributed by atoms with E-state index < -0.39 is 0 Å². The van der Waals surface area contributed by atoms with Crippen molar-refractivity contribution in [2.75, 3.05) is 14.1 Å². The van der Waals surface area contributed by atoms with Crippen molar-refractivity contribution in [2.45, 2.75) is 39.4 Å². The van der Waals surface area contributed by atoms with Crippen molar-refractivity contribution >= 4 is 0 Å². The third-order valence-corrected chi connectivity index (χ3v) is 3.94. The Kier molecular flexibility index (Phi) is 5.15. The van der Waals surface area contributed by atoms with Crippen molar-refractivity contribution < 1.29 is 0 Å². The second-order valence-corrected chi connectivity index (χ2v) is 5.88. The van der Waals surface area contributed by atoms with E-state index in [1.807, 2.05) is 6.92 Å². The lowest BCUT2D eigenvalue weighted by Gasteiger charge is -2.31. The minimum Gasteiger partial charge on any atom is -0.345 e. The van der Waals surface area contributed by atoms with Crippen LogP contribution in [0.15, 0.2) is 30.3 Å². The van der Waals surface area contributed by atoms with Gasteiger partial charge in [0.05, 0.1) is 12.2 Å². The third kappa shape index (κ3) is 3.93. The van der Waals surface area contributed by atoms with Gasteiger partial charge in [0.2, 0.25) is 0 Å². The first-order chi connectivity index (χ1) is 9.99. The number of likely N-dealkylation sites (N-methyl/N-ethyl adjacent to an activating group) is 1. The minimum atomic E-state index is 0.327. The van der Waals surface area contributed by atoms with Gasteiger partial charge in [0.1, 0.15) is 5.82 Å². The van der Waals surface area contributed by atoms with Crippen molar-refractivity contribution in [2.24, 2.45) is 0 Å². The van der Waals surface area contributed by atoms with Crippen LogP contribution in [-0.2, 0) is 6.54 Å². The van der Waals surface area contributed by atoms with Crippen molar-refractivity contribution in [1.29, 1.82) is 0 Å². The number of benzene rings is 1. The number of H-pyrrole nitrogens is 1. The number of hydrogen-bond donors (Lipinski definition) is 2. The number of hydrogen-bond acceptors (Lipinski definition) is 3. The van der Waals surface area contributed by atoms with E-state index in [4.69, 9.17) is 0 Å². The molecule has 4 heteroatoms. The Morgan fingerprint density at radius 2 is 1.86 bits per heavy atom. The van der Waals surface area contributed by atoms with Crippen LogP contribution in [0.2, 0.25) is 0 Å². The summed E-state index contributed by atoms with van der Waals surface area (Å²) in [4.78, 5) is 10.1. The molecule has 0 spiro atoms. The minimum absolute atomic E-state index is 0.327. The van der Waals surface area contributed by atoms with E-state index in [1.165, 1.54) is 5.56 Å². The summed E-state index contributed by atoms with van der Waals surface area (Å²) in [6.45, 7) is 7.07. The second kappa shape index (κ2) is 6.87. The molecule has 2 rings (SSSR count). The lowest BCUT2D eigenvalue weighted by Crippen LogP contribution is -2.39. The smallest absolute Gasteiger partial charge is 0.120 e. The number of nitrogens with one attached hydrogen (secondary N) is 2. The molecule has 1 aromatic carbocycles. The summed E-state index contributed by atoms with van der Waals surface area (Å²) in [6, 6.07) is 11.3. The fraction of sp³-hybridized carbons (Fsp3) is 0.471. The third-order valence-electron chi connectivity index (χ3n) is 3.94. The number of aryl methyl sites for hydroxylation is 2. The molecule has 21 heavy (non-hydrogen) atoms. The molecule has 2 atom stereocenters. The molecule has 1 heterocycles. The van der Waals surface area contributed by atoms with E-state index in [-0.39, 0.29) is 0 Å². The molecular formula is C17H26N4. The van der Waals surface area contributed by atoms with Crippen LogP contribution >= 0.6 is 0 Å². The molecule has 0 aliphatic carbocycles. The van der Waals surface area contributed by atoms with Gasteiger partial charge in [-0.1, -0.05) is 30.3 Å². The van der Waals surface area contributed by atoms with E-state index in [2.05, 4.69) is 78.5 Å². The average Bonchev–Trinajstić information content (AvgIpc) is 2.76. The van der Waals surface area contributed by atoms with E-state index in [9.17, 15) is 0 Å². The Hall–Kier alpha value is -1.65. The van der Waals surface area contributed by atoms with Crippen molar-refractivity contribution in [3.8, 4) is 0 Å². The summed E-state index contributed by atoms with van der Waals surface area (Å²) >= 11 is 0. The van der Waals surface area contributed by atoms with E-state index in [0.29, 0.717) is 12.1 Å². The van der Waals surface area contributed by atoms with Crippen LogP contribution in [0.3, 0.4) is 0 Å². The lowest BCUT2D eigenvalue weighted by molar-refractivity contribution is 0.239. The zero-order valence-electron chi connectivity index (χ0n) is 13.6. The Balaban J connectivity index is 2.04. The molecule has 4 nitrogen and oxygen atoms in total. The molecule has 0 saturated heterocycles. The highest BCUT2D eigenvalue weighted by atomic mass is 15.1. The molecule has 0 radical (unpaired) electrons. The molecule has 0 amide bonds. The van der Waals surface area contributed by atoms with Crippen LogP contribution in [0.5, 0.6) is 0 Å². The molecule has 0 saturated carbocycles. The normalized spacial score (nSPS) is 14.4. The highest BCUT2D eigenvalue weighted by Gasteiger charge is 2.21. The van der Waals surface area contributed by atoms with Crippen molar-refractivity contribution in [1.82, 2.24) is 20.2 Å². The second-order valence-electron chi connectivity index (χ2n) is 5.88. The van der Waals surface area contributed by atoms with Gasteiger partial charge in [-0.25, -0.2) is 4.98 Å². The molecule has 114 valence electrons. The number of nitrogens with zero attached hydrogens (tertiary/aromatic N) is 2. The van der Waals surface area contributed by atoms with Gasteiger partial charge < -0.3 is 15.2 Å². The first-order valence-corrected chi connectivity index (χ1v) is 7.46. The highest BCUT2D eigenvalue weighted by Crippen LogP contribution is 2.21. The Morgan fingerprint density at radius 3 is 2.38 bits per heavy atom. The quantitative estimate of drug-likeness (QED) is 0.858. The van der Waals surface area contributed by atoms with E-state index in [1.54, 1.807) is 0 Å². The van der Waals surface area contributed by atoms with Gasteiger partial charge >= 0.3 is 0 Å². The summed E-state index contributed by atoms with van der Waals surface area (Å²) in [5, 5.41) is 3.58. The van der Waals surface area contributed by atoms with Crippen LogP contribution in [0.1, 0.15) is 35.7 Å². The average molecular weight is 286 g/mol. The maximum absolute atomic E-state index is 4.53. The monoisotopic (exact) mass is 286 g/mol. The summed E-state index contributed by atoms with van der Waals surface area (Å²) in [7, 11) is 4.24. The van der Waals surface area contributed by atoms with Gasteiger partial charge in [-0.2, -0.15) is 0 Å². The van der Waals surface area contributed by atoms with Gasteiger partial charge in [-0.3, -0.25) is 0 Å². The summed E-state index contributed by atoms with van der Waals surface area (Å²) in [5.41, 5.74) is 3.55. The standard InChI is InChI=1S/C17H26N4/c1-12-13(2)20-16(19-12)11-18-14(3)17(21(4)5)15-9-7-6-8-10-15/h6-10,14,17-18H,11H2,1-5H3,(H,19,20)/t14-,17-/m0/s1. The van der Waals surface area contributed by atoms with Crippen LogP contribution < -0.4 is 5.32 Å². The Labute approximate surface area is 127 Å². The molecule has 2 N–H and O–H groups in total. The molecule has 0 aliphatic heterocycles. The van der Waals surface area contributed by atoms with Gasteiger partial charge in [0.15, 0.2) is 0 Å². The summed E-state index contributed by atoms with van der Waals surface area (Å²) < 4.78 is 0. The van der Waals surface area contributed by atoms with E-state index >= 15 is 0 Å². The zero-order valence-corrected chi connectivity index (χ0v) is 13.6. The lowest BCUT2D eigenvalue weighted by atomic mass is 9.99. The maximum atomic E-state index is 4.53. The molecule has 0 fully saturated rings. The number of imidazole rings is 1. The van der Waals surface area contributed by atoms with Crippen molar-refractivity contribution in [3.05, 3.63) is 53.1 Å². The molecule has 0 unspecified atom stereocenters. The molecule has 1 aromatic heterocycles. The molecule has 0 aliphatic rings. The van der Waals surface area contributed by atoms with Gasteiger partial charge in [-0.15, -0.1) is 0 Å². The predicted molar refractivity (Wildman–Crippen MR) is 87.2 cm³/mol. The number of aromatic nitrogens is 2. The van der Waals surface area contributed by atoms with Crippen LogP contribution in [0, 0.1) is 13.8 Å². The van der Waals surface area contributed by atoms with Crippen LogP contribution in [0.25, 0.3) is 0 Å². The van der Waals surface area contributed by atoms with E-state index in [0.717, 1.165) is 23.8 Å². The molecular weight excluding hydrogens is 260 g/mol. The first-order valence-electron chi connectivity index (χ1n) is 7.46. The van der Waals surface area contributed by atoms with Crippen molar-refractivity contribution in [3.63, 3.8) is 0 Å². The Bertz CT molecular complexity index is 540. The fourth-order valence-electron chi connectivity index (χ4n) is 2.76. The van der Waals surface area contributed by atoms with Gasteiger partial charge in [0.25, 0.3) is 0 Å². The summed E-state index contributed by atoms with van der Waals surface area (Å²) in [5.74, 6) is 1.00. The van der Waals surface area contributed by atoms with Gasteiger partial charge in [0, 0.05) is 17.8 Å². The van der Waals surface area contributed by atoms with Crippen LogP contribution in [-0.4, -0.2) is 35.0 Å². The predicted octanol–water partition coefficient (Wildman–Crippen LogP) is 2.81. The molecule has 2 aromatic rings. The summed E-state index contributed by atoms with van der Waals surface area (Å²) in [6.07, 6.45) is 0. The molecule has 0 bridgehead atoms. The number of rotatable bonds is 6. The SMILES string of the molecule is Cc1nc(CN[C@@H](C)[C@@H](c2ccccc2)N(C)C)[nH]c1C. The topological polar surface area (TPSA) is 44.0 Å². The van der Waals surface area contributed by atoms with Crippen LogP contribution in [0.4, 0.5) is 0 Å². The Morgan fingerprint density at radius 1 is 1.19 bits per heavy atom. The number of aromatic amines is 1. The zero-order chi connectivity index (χ0) is 15.4. The fourth-order valence-corrected chi connectivity index (χ4v) is 2.76. The maximum Gasteiger partial charge on any atom is 0.120 e. The largest absolute Gasteiger partial charge is 0.345 e. The first kappa shape index (κ1) is 15.7.